The lowest BCUT2D eigenvalue weighted by molar-refractivity contribution is -0.133. The molecule has 3 amide bonds. The van der Waals surface area contributed by atoms with Crippen LogP contribution in [-0.4, -0.2) is 58.1 Å². The number of aryl methyl sites for hydroxylation is 1. The van der Waals surface area contributed by atoms with E-state index >= 15 is 0 Å². The molecule has 23 heavy (non-hydrogen) atoms. The molecule has 8 nitrogen and oxygen atoms in total. The van der Waals surface area contributed by atoms with Crippen molar-refractivity contribution in [3.63, 3.8) is 0 Å². The summed E-state index contributed by atoms with van der Waals surface area (Å²) in [5.74, 6) is 0.941. The molecule has 1 aliphatic heterocycles. The molecule has 1 aromatic heterocycles. The second kappa shape index (κ2) is 7.94. The second-order valence-electron chi connectivity index (χ2n) is 5.67. The van der Waals surface area contributed by atoms with Crippen LogP contribution in [0.4, 0.5) is 4.79 Å². The maximum atomic E-state index is 12.3. The quantitative estimate of drug-likeness (QED) is 0.906. The minimum atomic E-state index is -0.390. The van der Waals surface area contributed by atoms with Gasteiger partial charge in [0, 0.05) is 26.1 Å². The van der Waals surface area contributed by atoms with Gasteiger partial charge >= 0.3 is 6.03 Å². The third kappa shape index (κ3) is 4.20. The first-order valence-corrected chi connectivity index (χ1v) is 8.19. The Hall–Kier alpha value is -2.12. The van der Waals surface area contributed by atoms with E-state index in [-0.39, 0.29) is 11.9 Å². The molecule has 1 aliphatic rings. The summed E-state index contributed by atoms with van der Waals surface area (Å²) in [4.78, 5) is 32.3. The highest BCUT2D eigenvalue weighted by Crippen LogP contribution is 2.24. The van der Waals surface area contributed by atoms with E-state index < -0.39 is 6.04 Å². The largest absolute Gasteiger partial charge is 0.338 e. The van der Waals surface area contributed by atoms with Gasteiger partial charge < -0.3 is 19.6 Å². The summed E-state index contributed by atoms with van der Waals surface area (Å²) in [5, 5.41) is 6.70. The Kier molecular flexibility index (Phi) is 5.95. The molecule has 0 saturated carbocycles. The number of nitrogens with zero attached hydrogens (tertiary/aromatic N) is 4. The first kappa shape index (κ1) is 17.2. The number of rotatable bonds is 4. The van der Waals surface area contributed by atoms with Crippen LogP contribution in [0.1, 0.15) is 50.9 Å². The Morgan fingerprint density at radius 3 is 2.74 bits per heavy atom. The van der Waals surface area contributed by atoms with Crippen LogP contribution in [-0.2, 0) is 4.79 Å². The van der Waals surface area contributed by atoms with Crippen LogP contribution in [0.5, 0.6) is 0 Å². The molecule has 0 aliphatic carbocycles. The van der Waals surface area contributed by atoms with Crippen molar-refractivity contribution in [2.24, 2.45) is 0 Å². The summed E-state index contributed by atoms with van der Waals surface area (Å²) in [6, 6.07) is -0.502. The molecule has 128 valence electrons. The predicted molar refractivity (Wildman–Crippen MR) is 83.7 cm³/mol. The van der Waals surface area contributed by atoms with Crippen LogP contribution in [0.3, 0.4) is 0 Å². The Morgan fingerprint density at radius 2 is 2.13 bits per heavy atom. The highest BCUT2D eigenvalue weighted by Gasteiger charge is 2.34. The van der Waals surface area contributed by atoms with Crippen molar-refractivity contribution in [2.45, 2.75) is 46.1 Å². The molecule has 2 heterocycles. The highest BCUT2D eigenvalue weighted by atomic mass is 16.5. The van der Waals surface area contributed by atoms with Crippen molar-refractivity contribution >= 4 is 11.9 Å². The zero-order chi connectivity index (χ0) is 16.8. The summed E-state index contributed by atoms with van der Waals surface area (Å²) >= 11 is 0. The van der Waals surface area contributed by atoms with Crippen LogP contribution < -0.4 is 5.32 Å². The summed E-state index contributed by atoms with van der Waals surface area (Å²) in [6.45, 7) is 7.76. The molecule has 1 aromatic rings. The average molecular weight is 323 g/mol. The van der Waals surface area contributed by atoms with Gasteiger partial charge in [0.15, 0.2) is 5.82 Å². The molecule has 0 aromatic carbocycles. The van der Waals surface area contributed by atoms with Gasteiger partial charge in [-0.05, 0) is 19.8 Å². The molecule has 1 atom stereocenters. The third-order valence-electron chi connectivity index (χ3n) is 3.86. The van der Waals surface area contributed by atoms with E-state index in [1.54, 1.807) is 16.7 Å². The number of hydrogen-bond acceptors (Lipinski definition) is 5. The number of amides is 3. The van der Waals surface area contributed by atoms with E-state index in [1.165, 1.54) is 0 Å². The van der Waals surface area contributed by atoms with Gasteiger partial charge in [-0.3, -0.25) is 4.79 Å². The summed E-state index contributed by atoms with van der Waals surface area (Å²) in [7, 11) is 0. The molecule has 8 heteroatoms. The van der Waals surface area contributed by atoms with Crippen LogP contribution in [0, 0.1) is 6.92 Å². The minimum Gasteiger partial charge on any atom is -0.338 e. The van der Waals surface area contributed by atoms with Gasteiger partial charge in [-0.1, -0.05) is 19.0 Å². The van der Waals surface area contributed by atoms with E-state index in [9.17, 15) is 9.59 Å². The molecule has 1 N–H and O–H groups in total. The Morgan fingerprint density at radius 1 is 1.35 bits per heavy atom. The first-order chi connectivity index (χ1) is 11.1. The average Bonchev–Trinajstić information content (AvgIpc) is 2.85. The number of carbonyl (C=O) groups is 2. The van der Waals surface area contributed by atoms with Gasteiger partial charge in [-0.2, -0.15) is 4.98 Å². The van der Waals surface area contributed by atoms with Crippen molar-refractivity contribution in [3.05, 3.63) is 11.7 Å². The molecular formula is C15H25N5O3. The topological polar surface area (TPSA) is 91.6 Å². The molecule has 1 saturated heterocycles. The lowest BCUT2D eigenvalue weighted by Crippen LogP contribution is -2.44. The van der Waals surface area contributed by atoms with Gasteiger partial charge in [-0.15, -0.1) is 0 Å². The number of nitrogens with one attached hydrogen (secondary N) is 1. The fourth-order valence-electron chi connectivity index (χ4n) is 2.68. The highest BCUT2D eigenvalue weighted by molar-refractivity contribution is 5.77. The van der Waals surface area contributed by atoms with Gasteiger partial charge in [0.25, 0.3) is 5.89 Å². The smallest absolute Gasteiger partial charge is 0.317 e. The van der Waals surface area contributed by atoms with Crippen LogP contribution in [0.25, 0.3) is 0 Å². The Balaban J connectivity index is 2.21. The normalized spacial score (nSPS) is 18.7. The van der Waals surface area contributed by atoms with Gasteiger partial charge in [-0.25, -0.2) is 4.79 Å². The molecule has 0 bridgehead atoms. The van der Waals surface area contributed by atoms with Crippen molar-refractivity contribution in [2.75, 3.05) is 26.2 Å². The lowest BCUT2D eigenvalue weighted by atomic mass is 10.2. The summed E-state index contributed by atoms with van der Waals surface area (Å²) < 4.78 is 5.28. The van der Waals surface area contributed by atoms with E-state index in [2.05, 4.69) is 15.5 Å². The lowest BCUT2D eigenvalue weighted by Gasteiger charge is -2.29. The molecule has 2 rings (SSSR count). The van der Waals surface area contributed by atoms with Gasteiger partial charge in [0.2, 0.25) is 5.91 Å². The van der Waals surface area contributed by atoms with Gasteiger partial charge in [0.1, 0.15) is 6.04 Å². The fraction of sp³-hybridized carbons (Fsp3) is 0.733. The number of carbonyl (C=O) groups excluding carboxylic acids is 2. The molecule has 0 spiro atoms. The third-order valence-corrected chi connectivity index (χ3v) is 3.86. The SMILES string of the molecule is CCCNC(=O)N1CCCN(C(=O)CC)C(c2nc(C)no2)C1. The van der Waals surface area contributed by atoms with Crippen LogP contribution in [0.2, 0.25) is 0 Å². The molecule has 1 fully saturated rings. The second-order valence-corrected chi connectivity index (χ2v) is 5.67. The standard InChI is InChI=1S/C15H25N5O3/c1-4-7-16-15(22)19-8-6-9-20(13(21)5-2)12(10-19)14-17-11(3)18-23-14/h12H,4-10H2,1-3H3,(H,16,22). The molecular weight excluding hydrogens is 298 g/mol. The van der Waals surface area contributed by atoms with E-state index in [1.807, 2.05) is 13.8 Å². The van der Waals surface area contributed by atoms with Crippen LogP contribution in [0.15, 0.2) is 4.52 Å². The van der Waals surface area contributed by atoms with Crippen molar-refractivity contribution in [1.29, 1.82) is 0 Å². The Labute approximate surface area is 136 Å². The number of urea groups is 1. The van der Waals surface area contributed by atoms with E-state index in [0.29, 0.717) is 44.3 Å². The zero-order valence-corrected chi connectivity index (χ0v) is 14.0. The van der Waals surface area contributed by atoms with E-state index in [0.717, 1.165) is 12.8 Å². The van der Waals surface area contributed by atoms with Gasteiger partial charge in [0.05, 0.1) is 6.54 Å². The Bertz CT molecular complexity index is 545. The zero-order valence-electron chi connectivity index (χ0n) is 14.0. The predicted octanol–water partition coefficient (Wildman–Crippen LogP) is 1.48. The van der Waals surface area contributed by atoms with Crippen molar-refractivity contribution in [3.8, 4) is 0 Å². The molecule has 0 radical (unpaired) electrons. The minimum absolute atomic E-state index is 0.0293. The maximum absolute atomic E-state index is 12.3. The van der Waals surface area contributed by atoms with Crippen molar-refractivity contribution < 1.29 is 14.1 Å². The first-order valence-electron chi connectivity index (χ1n) is 8.19. The van der Waals surface area contributed by atoms with Crippen molar-refractivity contribution in [1.82, 2.24) is 25.3 Å². The summed E-state index contributed by atoms with van der Waals surface area (Å²) in [6.07, 6.45) is 2.02. The number of hydrogen-bond donors (Lipinski definition) is 1. The molecule has 1 unspecified atom stereocenters. The summed E-state index contributed by atoms with van der Waals surface area (Å²) in [5.41, 5.74) is 0. The van der Waals surface area contributed by atoms with Crippen LogP contribution >= 0.6 is 0 Å². The number of aromatic nitrogens is 2. The fourth-order valence-corrected chi connectivity index (χ4v) is 2.68. The maximum Gasteiger partial charge on any atom is 0.317 e. The monoisotopic (exact) mass is 323 g/mol. The van der Waals surface area contributed by atoms with E-state index in [4.69, 9.17) is 4.52 Å².